The number of aryl methyl sites for hydroxylation is 1. The van der Waals surface area contributed by atoms with Crippen LogP contribution in [0.4, 0.5) is 5.82 Å². The molecular weight excluding hydrogens is 290 g/mol. The smallest absolute Gasteiger partial charge is 0.348 e. The van der Waals surface area contributed by atoms with E-state index in [9.17, 15) is 14.9 Å². The second-order valence-electron chi connectivity index (χ2n) is 4.52. The average Bonchev–Trinajstić information content (AvgIpc) is 2.87. The highest BCUT2D eigenvalue weighted by molar-refractivity contribution is 5.69. The zero-order valence-corrected chi connectivity index (χ0v) is 12.2. The number of nitrogens with zero attached hydrogens (tertiary/aromatic N) is 3. The van der Waals surface area contributed by atoms with E-state index in [0.717, 1.165) is 11.8 Å². The summed E-state index contributed by atoms with van der Waals surface area (Å²) < 4.78 is 11.4. The molecule has 22 heavy (non-hydrogen) atoms. The predicted octanol–water partition coefficient (Wildman–Crippen LogP) is 1.85. The zero-order valence-electron chi connectivity index (χ0n) is 12.2. The molecule has 0 fully saturated rings. The highest BCUT2D eigenvalue weighted by Gasteiger charge is 2.20. The van der Waals surface area contributed by atoms with Crippen molar-refractivity contribution in [2.24, 2.45) is 0 Å². The van der Waals surface area contributed by atoms with Crippen molar-refractivity contribution in [1.82, 2.24) is 9.55 Å². The maximum absolute atomic E-state index is 11.8. The normalized spacial score (nSPS) is 10.3. The van der Waals surface area contributed by atoms with Crippen LogP contribution in [-0.4, -0.2) is 27.6 Å². The Hall–Kier alpha value is -2.90. The Morgan fingerprint density at radius 1 is 1.36 bits per heavy atom. The fourth-order valence-electron chi connectivity index (χ4n) is 1.86. The summed E-state index contributed by atoms with van der Waals surface area (Å²) in [6.07, 6.45) is 1.12. The van der Waals surface area contributed by atoms with Crippen LogP contribution in [0.15, 0.2) is 30.5 Å². The number of methoxy groups -OCH3 is 1. The summed E-state index contributed by atoms with van der Waals surface area (Å²) in [5.74, 6) is 0.284. The predicted molar refractivity (Wildman–Crippen MR) is 76.4 cm³/mol. The Morgan fingerprint density at radius 3 is 2.64 bits per heavy atom. The molecule has 8 nitrogen and oxygen atoms in total. The lowest BCUT2D eigenvalue weighted by molar-refractivity contribution is -0.392. The molecule has 1 aromatic carbocycles. The molecule has 0 aliphatic carbocycles. The van der Waals surface area contributed by atoms with E-state index in [1.54, 1.807) is 38.3 Å². The molecule has 1 heterocycles. The summed E-state index contributed by atoms with van der Waals surface area (Å²) in [7, 11) is 1.56. The van der Waals surface area contributed by atoms with Crippen LogP contribution in [0.25, 0.3) is 0 Å². The second kappa shape index (κ2) is 6.70. The molecule has 0 amide bonds. The molecule has 0 atom stereocenters. The molecule has 2 rings (SSSR count). The van der Waals surface area contributed by atoms with Crippen molar-refractivity contribution in [2.75, 3.05) is 7.11 Å². The van der Waals surface area contributed by atoms with Crippen LogP contribution in [0.2, 0.25) is 0 Å². The lowest BCUT2D eigenvalue weighted by atomic mass is 10.2. The minimum Gasteiger partial charge on any atom is -0.497 e. The van der Waals surface area contributed by atoms with Gasteiger partial charge in [0, 0.05) is 6.92 Å². The van der Waals surface area contributed by atoms with Crippen LogP contribution in [0.5, 0.6) is 5.75 Å². The Labute approximate surface area is 126 Å². The molecule has 8 heteroatoms. The number of benzene rings is 1. The molecule has 116 valence electrons. The van der Waals surface area contributed by atoms with Crippen LogP contribution < -0.4 is 4.74 Å². The molecule has 0 unspecified atom stereocenters. The van der Waals surface area contributed by atoms with Crippen molar-refractivity contribution in [3.05, 3.63) is 52.0 Å². The van der Waals surface area contributed by atoms with Gasteiger partial charge in [-0.05, 0) is 22.6 Å². The van der Waals surface area contributed by atoms with E-state index < -0.39 is 10.9 Å². The number of ether oxygens (including phenoxy) is 2. The highest BCUT2D eigenvalue weighted by Crippen LogP contribution is 2.15. The third-order valence-electron chi connectivity index (χ3n) is 3.07. The molecule has 0 aliphatic heterocycles. The van der Waals surface area contributed by atoms with Crippen LogP contribution in [0, 0.1) is 17.0 Å². The van der Waals surface area contributed by atoms with Crippen molar-refractivity contribution in [3.63, 3.8) is 0 Å². The quantitative estimate of drug-likeness (QED) is 0.459. The van der Waals surface area contributed by atoms with Crippen LogP contribution >= 0.6 is 0 Å². The molecular formula is C14H15N3O5. The van der Waals surface area contributed by atoms with Crippen molar-refractivity contribution in [1.29, 1.82) is 0 Å². The number of imidazole rings is 1. The summed E-state index contributed by atoms with van der Waals surface area (Å²) >= 11 is 0. The van der Waals surface area contributed by atoms with E-state index in [-0.39, 0.29) is 19.0 Å². The van der Waals surface area contributed by atoms with E-state index in [0.29, 0.717) is 11.6 Å². The van der Waals surface area contributed by atoms with Gasteiger partial charge in [-0.1, -0.05) is 12.1 Å². The Balaban J connectivity index is 1.95. The Morgan fingerprint density at radius 2 is 2.05 bits per heavy atom. The van der Waals surface area contributed by atoms with Crippen LogP contribution in [-0.2, 0) is 22.7 Å². The van der Waals surface area contributed by atoms with Gasteiger partial charge in [-0.15, -0.1) is 0 Å². The van der Waals surface area contributed by atoms with E-state index in [1.807, 2.05) is 0 Å². The molecule has 0 radical (unpaired) electrons. The number of rotatable bonds is 6. The molecule has 0 spiro atoms. The maximum Gasteiger partial charge on any atom is 0.348 e. The largest absolute Gasteiger partial charge is 0.497 e. The van der Waals surface area contributed by atoms with Crippen LogP contribution in [0.3, 0.4) is 0 Å². The number of hydrogen-bond acceptors (Lipinski definition) is 6. The van der Waals surface area contributed by atoms with Gasteiger partial charge in [-0.25, -0.2) is 9.78 Å². The van der Waals surface area contributed by atoms with Gasteiger partial charge < -0.3 is 19.6 Å². The first-order chi connectivity index (χ1) is 10.5. The standard InChI is InChI=1S/C14H15N3O5/c1-10-15-7-13(17(19)20)16(10)8-14(18)22-9-11-3-5-12(21-2)6-4-11/h3-7H,8-9H2,1-2H3. The third kappa shape index (κ3) is 3.60. The molecule has 0 aliphatic rings. The zero-order chi connectivity index (χ0) is 16.1. The monoisotopic (exact) mass is 305 g/mol. The van der Waals surface area contributed by atoms with Gasteiger partial charge in [0.15, 0.2) is 12.4 Å². The first-order valence-corrected chi connectivity index (χ1v) is 6.46. The number of nitro groups is 1. The van der Waals surface area contributed by atoms with Crippen LogP contribution in [0.1, 0.15) is 11.4 Å². The Kier molecular flexibility index (Phi) is 4.72. The average molecular weight is 305 g/mol. The van der Waals surface area contributed by atoms with Gasteiger partial charge in [-0.2, -0.15) is 4.57 Å². The van der Waals surface area contributed by atoms with Crippen molar-refractivity contribution in [3.8, 4) is 5.75 Å². The minimum absolute atomic E-state index is 0.0877. The lowest BCUT2D eigenvalue weighted by Crippen LogP contribution is -2.16. The van der Waals surface area contributed by atoms with Gasteiger partial charge in [0.05, 0.1) is 7.11 Å². The first-order valence-electron chi connectivity index (χ1n) is 6.46. The summed E-state index contributed by atoms with van der Waals surface area (Å²) in [6, 6.07) is 7.07. The first kappa shape index (κ1) is 15.5. The van der Waals surface area contributed by atoms with E-state index in [1.165, 1.54) is 4.57 Å². The van der Waals surface area contributed by atoms with E-state index >= 15 is 0 Å². The van der Waals surface area contributed by atoms with Gasteiger partial charge >= 0.3 is 11.8 Å². The molecule has 0 N–H and O–H groups in total. The summed E-state index contributed by atoms with van der Waals surface area (Å²) in [5, 5.41) is 10.8. The fourth-order valence-corrected chi connectivity index (χ4v) is 1.86. The summed E-state index contributed by atoms with van der Waals surface area (Å²) in [5.41, 5.74) is 0.797. The fraction of sp³-hybridized carbons (Fsp3) is 0.286. The third-order valence-corrected chi connectivity index (χ3v) is 3.07. The van der Waals surface area contributed by atoms with Gasteiger partial charge in [0.1, 0.15) is 18.6 Å². The van der Waals surface area contributed by atoms with Crippen molar-refractivity contribution < 1.29 is 19.2 Å². The summed E-state index contributed by atoms with van der Waals surface area (Å²) in [4.78, 5) is 25.9. The molecule has 0 saturated heterocycles. The SMILES string of the molecule is COc1ccc(COC(=O)Cn2c([N+](=O)[O-])cnc2C)cc1. The molecule has 0 bridgehead atoms. The number of carbonyl (C=O) groups excluding carboxylic acids is 1. The summed E-state index contributed by atoms with van der Waals surface area (Å²) in [6.45, 7) is 1.42. The topological polar surface area (TPSA) is 96.5 Å². The number of carbonyl (C=O) groups is 1. The maximum atomic E-state index is 11.8. The molecule has 1 aromatic heterocycles. The van der Waals surface area contributed by atoms with E-state index in [4.69, 9.17) is 9.47 Å². The van der Waals surface area contributed by atoms with E-state index in [2.05, 4.69) is 4.98 Å². The minimum atomic E-state index is -0.587. The molecule has 0 saturated carbocycles. The molecule has 2 aromatic rings. The second-order valence-corrected chi connectivity index (χ2v) is 4.52. The number of aromatic nitrogens is 2. The van der Waals surface area contributed by atoms with Crippen molar-refractivity contribution >= 4 is 11.8 Å². The number of esters is 1. The lowest BCUT2D eigenvalue weighted by Gasteiger charge is -2.06. The van der Waals surface area contributed by atoms with Gasteiger partial charge in [-0.3, -0.25) is 0 Å². The van der Waals surface area contributed by atoms with Crippen molar-refractivity contribution in [2.45, 2.75) is 20.1 Å². The highest BCUT2D eigenvalue weighted by atomic mass is 16.6. The van der Waals surface area contributed by atoms with Gasteiger partial charge in [0.2, 0.25) is 0 Å². The Bertz CT molecular complexity index is 678. The number of hydrogen-bond donors (Lipinski definition) is 0. The van der Waals surface area contributed by atoms with Gasteiger partial charge in [0.25, 0.3) is 0 Å².